The first-order valence-corrected chi connectivity index (χ1v) is 8.65. The van der Waals surface area contributed by atoms with E-state index in [1.165, 1.54) is 43.7 Å². The minimum atomic E-state index is 0.872. The second-order valence-electron chi connectivity index (χ2n) is 6.12. The van der Waals surface area contributed by atoms with Crippen LogP contribution in [0, 0.1) is 6.92 Å². The van der Waals surface area contributed by atoms with Crippen LogP contribution in [0.5, 0.6) is 0 Å². The third kappa shape index (κ3) is 5.75. The lowest BCUT2D eigenvalue weighted by Crippen LogP contribution is -2.46. The first-order valence-electron chi connectivity index (χ1n) is 8.65. The van der Waals surface area contributed by atoms with Crippen LogP contribution in [0.25, 0.3) is 0 Å². The van der Waals surface area contributed by atoms with Crippen LogP contribution in [0.2, 0.25) is 0 Å². The Bertz CT molecular complexity index is 492. The highest BCUT2D eigenvalue weighted by Gasteiger charge is 2.16. The summed E-state index contributed by atoms with van der Waals surface area (Å²) in [5.74, 6) is 0.872. The number of piperazine rings is 1. The van der Waals surface area contributed by atoms with E-state index in [1.807, 2.05) is 7.05 Å². The normalized spacial score (nSPS) is 16.5. The lowest BCUT2D eigenvalue weighted by atomic mass is 10.2. The van der Waals surface area contributed by atoms with Gasteiger partial charge in [-0.25, -0.2) is 0 Å². The van der Waals surface area contributed by atoms with Gasteiger partial charge in [0, 0.05) is 52.5 Å². The Morgan fingerprint density at radius 2 is 1.96 bits per heavy atom. The largest absolute Gasteiger partial charge is 0.369 e. The monoisotopic (exact) mass is 317 g/mol. The van der Waals surface area contributed by atoms with Crippen LogP contribution in [0.3, 0.4) is 0 Å². The smallest absolute Gasteiger partial charge is 0.190 e. The molecule has 0 amide bonds. The fourth-order valence-corrected chi connectivity index (χ4v) is 3.00. The molecule has 2 N–H and O–H groups in total. The molecule has 1 aliphatic rings. The molecule has 0 aromatic heterocycles. The van der Waals surface area contributed by atoms with Crippen molar-refractivity contribution < 1.29 is 0 Å². The standard InChI is InChI=1S/C18H31N5/c1-16-7-6-8-17(15-16)23-13-11-22(12-14-23)10-5-4-9-21-18(19-2)20-3/h6-8,15H,4-5,9-14H2,1-3H3,(H2,19,20,21). The molecule has 1 fully saturated rings. The molecule has 0 unspecified atom stereocenters. The van der Waals surface area contributed by atoms with Crippen LogP contribution >= 0.6 is 0 Å². The summed E-state index contributed by atoms with van der Waals surface area (Å²) in [4.78, 5) is 9.20. The lowest BCUT2D eigenvalue weighted by Gasteiger charge is -2.36. The highest BCUT2D eigenvalue weighted by molar-refractivity contribution is 5.79. The van der Waals surface area contributed by atoms with Crippen molar-refractivity contribution in [3.63, 3.8) is 0 Å². The van der Waals surface area contributed by atoms with Crippen LogP contribution in [0.15, 0.2) is 29.3 Å². The van der Waals surface area contributed by atoms with E-state index in [4.69, 9.17) is 0 Å². The van der Waals surface area contributed by atoms with Gasteiger partial charge >= 0.3 is 0 Å². The second-order valence-corrected chi connectivity index (χ2v) is 6.12. The van der Waals surface area contributed by atoms with Gasteiger partial charge in [0.2, 0.25) is 0 Å². The first kappa shape index (κ1) is 17.6. The molecule has 2 rings (SSSR count). The van der Waals surface area contributed by atoms with Crippen molar-refractivity contribution in [1.82, 2.24) is 15.5 Å². The molecule has 0 aliphatic carbocycles. The minimum absolute atomic E-state index is 0.872. The van der Waals surface area contributed by atoms with Gasteiger partial charge in [-0.1, -0.05) is 12.1 Å². The molecule has 1 aromatic rings. The molecule has 5 heteroatoms. The fraction of sp³-hybridized carbons (Fsp3) is 0.611. The zero-order valence-corrected chi connectivity index (χ0v) is 14.8. The number of aryl methyl sites for hydroxylation is 1. The molecule has 0 spiro atoms. The van der Waals surface area contributed by atoms with Gasteiger partial charge in [0.05, 0.1) is 0 Å². The predicted molar refractivity (Wildman–Crippen MR) is 99.5 cm³/mol. The molecule has 0 bridgehead atoms. The van der Waals surface area contributed by atoms with Crippen molar-refractivity contribution in [3.8, 4) is 0 Å². The Kier molecular flexibility index (Phi) is 7.20. The van der Waals surface area contributed by atoms with Crippen molar-refractivity contribution in [2.24, 2.45) is 4.99 Å². The average Bonchev–Trinajstić information content (AvgIpc) is 2.59. The summed E-state index contributed by atoms with van der Waals surface area (Å²) in [5.41, 5.74) is 2.71. The van der Waals surface area contributed by atoms with Crippen molar-refractivity contribution >= 4 is 11.6 Å². The Morgan fingerprint density at radius 1 is 1.17 bits per heavy atom. The maximum absolute atomic E-state index is 4.12. The molecule has 128 valence electrons. The van der Waals surface area contributed by atoms with Crippen molar-refractivity contribution in [1.29, 1.82) is 0 Å². The molecular weight excluding hydrogens is 286 g/mol. The maximum Gasteiger partial charge on any atom is 0.190 e. The van der Waals surface area contributed by atoms with Gasteiger partial charge in [-0.05, 0) is 44.0 Å². The number of unbranched alkanes of at least 4 members (excludes halogenated alkanes) is 1. The van der Waals surface area contributed by atoms with Gasteiger partial charge < -0.3 is 15.5 Å². The predicted octanol–water partition coefficient (Wildman–Crippen LogP) is 1.69. The van der Waals surface area contributed by atoms with E-state index in [1.54, 1.807) is 7.05 Å². The number of aliphatic imine (C=N–C) groups is 1. The molecule has 1 heterocycles. The average molecular weight is 317 g/mol. The van der Waals surface area contributed by atoms with Gasteiger partial charge in [0.1, 0.15) is 0 Å². The molecule has 0 atom stereocenters. The minimum Gasteiger partial charge on any atom is -0.369 e. The molecule has 0 radical (unpaired) electrons. The van der Waals surface area contributed by atoms with Crippen LogP contribution in [-0.2, 0) is 0 Å². The van der Waals surface area contributed by atoms with E-state index >= 15 is 0 Å². The van der Waals surface area contributed by atoms with Gasteiger partial charge in [-0.3, -0.25) is 9.89 Å². The van der Waals surface area contributed by atoms with Crippen LogP contribution in [0.4, 0.5) is 5.69 Å². The second kappa shape index (κ2) is 9.40. The quantitative estimate of drug-likeness (QED) is 0.476. The van der Waals surface area contributed by atoms with Crippen molar-refractivity contribution in [2.45, 2.75) is 19.8 Å². The number of nitrogens with one attached hydrogen (secondary N) is 2. The first-order chi connectivity index (χ1) is 11.2. The van der Waals surface area contributed by atoms with Gasteiger partial charge in [-0.15, -0.1) is 0 Å². The third-order valence-corrected chi connectivity index (χ3v) is 4.39. The zero-order valence-electron chi connectivity index (χ0n) is 14.8. The molecule has 1 aromatic carbocycles. The van der Waals surface area contributed by atoms with E-state index in [0.717, 1.165) is 25.6 Å². The van der Waals surface area contributed by atoms with Gasteiger partial charge in [0.25, 0.3) is 0 Å². The number of hydrogen-bond acceptors (Lipinski definition) is 3. The highest BCUT2D eigenvalue weighted by Crippen LogP contribution is 2.17. The lowest BCUT2D eigenvalue weighted by molar-refractivity contribution is 0.253. The number of hydrogen-bond donors (Lipinski definition) is 2. The number of guanidine groups is 1. The van der Waals surface area contributed by atoms with Crippen LogP contribution < -0.4 is 15.5 Å². The Hall–Kier alpha value is -1.75. The Morgan fingerprint density at radius 3 is 2.61 bits per heavy atom. The van der Waals surface area contributed by atoms with Crippen molar-refractivity contribution in [2.75, 3.05) is 58.3 Å². The summed E-state index contributed by atoms with van der Waals surface area (Å²) >= 11 is 0. The molecule has 0 saturated carbocycles. The molecule has 5 nitrogen and oxygen atoms in total. The number of anilines is 1. The van der Waals surface area contributed by atoms with E-state index < -0.39 is 0 Å². The summed E-state index contributed by atoms with van der Waals surface area (Å²) < 4.78 is 0. The summed E-state index contributed by atoms with van der Waals surface area (Å²) in [6.07, 6.45) is 2.41. The highest BCUT2D eigenvalue weighted by atomic mass is 15.3. The van der Waals surface area contributed by atoms with E-state index in [9.17, 15) is 0 Å². The van der Waals surface area contributed by atoms with Gasteiger partial charge in [-0.2, -0.15) is 0 Å². The maximum atomic E-state index is 4.12. The van der Waals surface area contributed by atoms with E-state index in [0.29, 0.717) is 0 Å². The molecular formula is C18H31N5. The molecule has 23 heavy (non-hydrogen) atoms. The Balaban J connectivity index is 1.62. The Labute approximate surface area is 140 Å². The van der Waals surface area contributed by atoms with Crippen molar-refractivity contribution in [3.05, 3.63) is 29.8 Å². The zero-order chi connectivity index (χ0) is 16.5. The topological polar surface area (TPSA) is 42.9 Å². The van der Waals surface area contributed by atoms with E-state index in [-0.39, 0.29) is 0 Å². The SMILES string of the molecule is CN=C(NC)NCCCCN1CCN(c2cccc(C)c2)CC1. The summed E-state index contributed by atoms with van der Waals surface area (Å²) in [7, 11) is 3.69. The number of rotatable bonds is 6. The number of benzene rings is 1. The summed E-state index contributed by atoms with van der Waals surface area (Å²) in [6.45, 7) is 8.94. The third-order valence-electron chi connectivity index (χ3n) is 4.39. The summed E-state index contributed by atoms with van der Waals surface area (Å²) in [6, 6.07) is 8.83. The summed E-state index contributed by atoms with van der Waals surface area (Å²) in [5, 5.41) is 6.34. The van der Waals surface area contributed by atoms with Crippen LogP contribution in [0.1, 0.15) is 18.4 Å². The number of nitrogens with zero attached hydrogens (tertiary/aromatic N) is 3. The fourth-order valence-electron chi connectivity index (χ4n) is 3.00. The van der Waals surface area contributed by atoms with Gasteiger partial charge in [0.15, 0.2) is 5.96 Å². The molecule has 1 saturated heterocycles. The molecule has 1 aliphatic heterocycles. The van der Waals surface area contributed by atoms with E-state index in [2.05, 4.69) is 56.6 Å². The van der Waals surface area contributed by atoms with Crippen LogP contribution in [-0.4, -0.2) is 64.2 Å².